The lowest BCUT2D eigenvalue weighted by molar-refractivity contribution is 0.0684. The zero-order valence-electron chi connectivity index (χ0n) is 8.83. The molecule has 0 radical (unpaired) electrons. The van der Waals surface area contributed by atoms with Gasteiger partial charge >= 0.3 is 0 Å². The summed E-state index contributed by atoms with van der Waals surface area (Å²) in [4.78, 5) is 13.2. The number of nitrogens with zero attached hydrogens (tertiary/aromatic N) is 1. The normalized spacial score (nSPS) is 10.1. The van der Waals surface area contributed by atoms with Crippen LogP contribution < -0.4 is 0 Å². The number of rotatable bonds is 5. The van der Waals surface area contributed by atoms with Crippen LogP contribution in [0.2, 0.25) is 0 Å². The monoisotopic (exact) mass is 225 g/mol. The second-order valence-corrected chi connectivity index (χ2v) is 3.29. The molecule has 1 rings (SSSR count). The van der Waals surface area contributed by atoms with Gasteiger partial charge in [0.25, 0.3) is 5.91 Å². The Labute approximate surface area is 93.6 Å². The number of hydrogen-bond acceptors (Lipinski definition) is 4. The highest BCUT2D eigenvalue weighted by Gasteiger charge is 2.14. The van der Waals surface area contributed by atoms with E-state index in [4.69, 9.17) is 10.2 Å². The molecule has 1 aromatic rings. The van der Waals surface area contributed by atoms with E-state index in [1.807, 2.05) is 0 Å². The van der Waals surface area contributed by atoms with Gasteiger partial charge < -0.3 is 20.2 Å². The van der Waals surface area contributed by atoms with Gasteiger partial charge in [-0.1, -0.05) is 6.07 Å². The molecule has 0 bridgehead atoms. The predicted molar refractivity (Wildman–Crippen MR) is 58.2 cm³/mol. The Morgan fingerprint density at radius 3 is 2.31 bits per heavy atom. The number of amides is 1. The first-order chi connectivity index (χ1) is 7.69. The van der Waals surface area contributed by atoms with Crippen molar-refractivity contribution < 1.29 is 20.1 Å². The van der Waals surface area contributed by atoms with Gasteiger partial charge in [-0.05, 0) is 18.2 Å². The molecule has 0 aromatic heterocycles. The van der Waals surface area contributed by atoms with Gasteiger partial charge in [-0.2, -0.15) is 0 Å². The molecule has 0 heterocycles. The fourth-order valence-corrected chi connectivity index (χ4v) is 1.38. The topological polar surface area (TPSA) is 81.0 Å². The summed E-state index contributed by atoms with van der Waals surface area (Å²) in [6.45, 7) is -0.000783. The number of carbonyl (C=O) groups is 1. The molecule has 16 heavy (non-hydrogen) atoms. The maximum Gasteiger partial charge on any atom is 0.254 e. The number of benzene rings is 1. The molecule has 0 aliphatic heterocycles. The average Bonchev–Trinajstić information content (AvgIpc) is 2.28. The maximum absolute atomic E-state index is 11.9. The predicted octanol–water partition coefficient (Wildman–Crippen LogP) is -0.181. The van der Waals surface area contributed by atoms with E-state index in [2.05, 4.69) is 0 Å². The van der Waals surface area contributed by atoms with Crippen LogP contribution in [-0.4, -0.2) is 52.4 Å². The van der Waals surface area contributed by atoms with E-state index in [0.29, 0.717) is 5.56 Å². The number of carbonyl (C=O) groups excluding carboxylic acids is 1. The molecular formula is C11H15NO4. The summed E-state index contributed by atoms with van der Waals surface area (Å²) in [5.74, 6) is -0.308. The molecule has 0 spiro atoms. The van der Waals surface area contributed by atoms with Gasteiger partial charge in [0.05, 0.1) is 13.2 Å². The Morgan fingerprint density at radius 1 is 1.19 bits per heavy atom. The Bertz CT molecular complexity index is 348. The van der Waals surface area contributed by atoms with E-state index >= 15 is 0 Å². The van der Waals surface area contributed by atoms with Gasteiger partial charge in [0, 0.05) is 18.7 Å². The maximum atomic E-state index is 11.9. The van der Waals surface area contributed by atoms with E-state index in [-0.39, 0.29) is 38.0 Å². The van der Waals surface area contributed by atoms with E-state index < -0.39 is 0 Å². The Hall–Kier alpha value is -1.59. The van der Waals surface area contributed by atoms with Crippen LogP contribution >= 0.6 is 0 Å². The van der Waals surface area contributed by atoms with Crippen molar-refractivity contribution in [2.75, 3.05) is 26.3 Å². The molecule has 88 valence electrons. The summed E-state index contributed by atoms with van der Waals surface area (Å²) < 4.78 is 0. The minimum atomic E-state index is -0.320. The first-order valence-electron chi connectivity index (χ1n) is 4.99. The molecule has 0 aliphatic carbocycles. The Balaban J connectivity index is 2.81. The van der Waals surface area contributed by atoms with Crippen LogP contribution in [0, 0.1) is 0 Å². The molecular weight excluding hydrogens is 210 g/mol. The zero-order chi connectivity index (χ0) is 12.0. The summed E-state index contributed by atoms with van der Waals surface area (Å²) in [6, 6.07) is 5.96. The molecule has 0 saturated carbocycles. The first-order valence-corrected chi connectivity index (χ1v) is 4.99. The lowest BCUT2D eigenvalue weighted by Gasteiger charge is -2.20. The van der Waals surface area contributed by atoms with E-state index in [1.165, 1.54) is 17.0 Å². The summed E-state index contributed by atoms with van der Waals surface area (Å²) in [7, 11) is 0. The quantitative estimate of drug-likeness (QED) is 0.649. The highest BCUT2D eigenvalue weighted by atomic mass is 16.3. The number of phenolic OH excluding ortho intramolecular Hbond substituents is 1. The third-order valence-corrected chi connectivity index (χ3v) is 2.12. The number of phenols is 1. The molecule has 0 fully saturated rings. The van der Waals surface area contributed by atoms with Gasteiger partial charge in [-0.15, -0.1) is 0 Å². The summed E-state index contributed by atoms with van der Waals surface area (Å²) >= 11 is 0. The average molecular weight is 225 g/mol. The molecule has 3 N–H and O–H groups in total. The van der Waals surface area contributed by atoms with Gasteiger partial charge in [-0.25, -0.2) is 0 Å². The summed E-state index contributed by atoms with van der Waals surface area (Å²) in [6.07, 6.45) is 0. The summed E-state index contributed by atoms with van der Waals surface area (Å²) in [5.41, 5.74) is 0.335. The van der Waals surface area contributed by atoms with Crippen LogP contribution in [-0.2, 0) is 0 Å². The second-order valence-electron chi connectivity index (χ2n) is 3.29. The van der Waals surface area contributed by atoms with Crippen molar-refractivity contribution in [3.63, 3.8) is 0 Å². The second kappa shape index (κ2) is 6.09. The molecule has 5 nitrogen and oxygen atoms in total. The van der Waals surface area contributed by atoms with Crippen LogP contribution in [0.4, 0.5) is 0 Å². The number of aliphatic hydroxyl groups is 2. The highest BCUT2D eigenvalue weighted by molar-refractivity contribution is 5.94. The molecule has 1 aromatic carbocycles. The van der Waals surface area contributed by atoms with Crippen LogP contribution in [0.5, 0.6) is 5.75 Å². The fourth-order valence-electron chi connectivity index (χ4n) is 1.38. The minimum absolute atomic E-state index is 0.0128. The minimum Gasteiger partial charge on any atom is -0.508 e. The molecule has 0 saturated heterocycles. The third kappa shape index (κ3) is 3.22. The summed E-state index contributed by atoms with van der Waals surface area (Å²) in [5, 5.41) is 26.8. The fraction of sp³-hybridized carbons (Fsp3) is 0.364. The van der Waals surface area contributed by atoms with Crippen molar-refractivity contribution in [1.82, 2.24) is 4.90 Å². The number of hydrogen-bond donors (Lipinski definition) is 3. The largest absolute Gasteiger partial charge is 0.508 e. The standard InChI is InChI=1S/C11H15NO4/c13-6-4-12(5-7-14)11(16)9-2-1-3-10(15)8-9/h1-3,8,13-15H,4-7H2. The van der Waals surface area contributed by atoms with Gasteiger partial charge in [0.15, 0.2) is 0 Å². The SMILES string of the molecule is O=C(c1cccc(O)c1)N(CCO)CCO. The van der Waals surface area contributed by atoms with Gasteiger partial charge in [-0.3, -0.25) is 4.79 Å². The smallest absolute Gasteiger partial charge is 0.254 e. The van der Waals surface area contributed by atoms with Crippen molar-refractivity contribution >= 4 is 5.91 Å². The van der Waals surface area contributed by atoms with E-state index in [0.717, 1.165) is 0 Å². The van der Waals surface area contributed by atoms with E-state index in [9.17, 15) is 9.90 Å². The van der Waals surface area contributed by atoms with Crippen LogP contribution in [0.15, 0.2) is 24.3 Å². The van der Waals surface area contributed by atoms with Gasteiger partial charge in [0.2, 0.25) is 0 Å². The van der Waals surface area contributed by atoms with Crippen molar-refractivity contribution in [3.8, 4) is 5.75 Å². The molecule has 0 unspecified atom stereocenters. The van der Waals surface area contributed by atoms with Crippen molar-refractivity contribution in [2.45, 2.75) is 0 Å². The van der Waals surface area contributed by atoms with Crippen LogP contribution in [0.3, 0.4) is 0 Å². The first kappa shape index (κ1) is 12.5. The van der Waals surface area contributed by atoms with E-state index in [1.54, 1.807) is 12.1 Å². The number of aliphatic hydroxyl groups excluding tert-OH is 2. The van der Waals surface area contributed by atoms with Gasteiger partial charge in [0.1, 0.15) is 5.75 Å². The lowest BCUT2D eigenvalue weighted by Crippen LogP contribution is -2.35. The Morgan fingerprint density at radius 2 is 1.81 bits per heavy atom. The molecule has 0 atom stereocenters. The number of aromatic hydroxyl groups is 1. The highest BCUT2D eigenvalue weighted by Crippen LogP contribution is 2.12. The van der Waals surface area contributed by atoms with Crippen LogP contribution in [0.25, 0.3) is 0 Å². The Kier molecular flexibility index (Phi) is 4.75. The van der Waals surface area contributed by atoms with Crippen LogP contribution in [0.1, 0.15) is 10.4 Å². The zero-order valence-corrected chi connectivity index (χ0v) is 8.83. The van der Waals surface area contributed by atoms with Crippen molar-refractivity contribution in [3.05, 3.63) is 29.8 Å². The van der Waals surface area contributed by atoms with Crippen molar-refractivity contribution in [1.29, 1.82) is 0 Å². The van der Waals surface area contributed by atoms with Crippen molar-refractivity contribution in [2.24, 2.45) is 0 Å². The molecule has 1 amide bonds. The molecule has 5 heteroatoms. The molecule has 0 aliphatic rings. The lowest BCUT2D eigenvalue weighted by atomic mass is 10.2. The third-order valence-electron chi connectivity index (χ3n) is 2.12.